The van der Waals surface area contributed by atoms with Gasteiger partial charge in [0.2, 0.25) is 0 Å². The summed E-state index contributed by atoms with van der Waals surface area (Å²) < 4.78 is 15.0. The summed E-state index contributed by atoms with van der Waals surface area (Å²) in [5.41, 5.74) is 4.56. The molecule has 0 fully saturated rings. The molecule has 0 spiro atoms. The molecule has 5 rings (SSSR count). The van der Waals surface area contributed by atoms with Crippen LogP contribution < -0.4 is 15.0 Å². The Hall–Kier alpha value is -3.85. The minimum Gasteiger partial charge on any atom is -0.494 e. The fourth-order valence-corrected chi connectivity index (χ4v) is 7.04. The largest absolute Gasteiger partial charge is 0.494 e. The van der Waals surface area contributed by atoms with Gasteiger partial charge in [0.15, 0.2) is 5.82 Å². The monoisotopic (exact) mass is 828 g/mol. The number of rotatable bonds is 10. The molecule has 0 atom stereocenters. The second-order valence-corrected chi connectivity index (χ2v) is 13.0. The summed E-state index contributed by atoms with van der Waals surface area (Å²) in [7, 11) is 0. The van der Waals surface area contributed by atoms with Crippen LogP contribution in [0.5, 0.6) is 11.5 Å². The Morgan fingerprint density at radius 2 is 1.76 bits per heavy atom. The van der Waals surface area contributed by atoms with Crippen molar-refractivity contribution in [1.82, 2.24) is 9.66 Å². The van der Waals surface area contributed by atoms with Gasteiger partial charge in [-0.15, -0.1) is 0 Å². The van der Waals surface area contributed by atoms with E-state index in [0.29, 0.717) is 34.6 Å². The summed E-state index contributed by atoms with van der Waals surface area (Å²) in [6.07, 6.45) is 1.64. The predicted octanol–water partition coefficient (Wildman–Crippen LogP) is 8.47. The zero-order valence-corrected chi connectivity index (χ0v) is 29.4. The normalized spacial score (nSPS) is 11.4. The fourth-order valence-electron chi connectivity index (χ4n) is 4.91. The fraction of sp³-hybridized carbons (Fsp3) is 0.206. The number of non-ortho nitro benzene ring substituents is 1. The summed E-state index contributed by atoms with van der Waals surface area (Å²) in [5, 5.41) is 16.3. The highest BCUT2D eigenvalue weighted by Gasteiger charge is 2.19. The van der Waals surface area contributed by atoms with Crippen LogP contribution in [0.25, 0.3) is 22.3 Å². The summed E-state index contributed by atoms with van der Waals surface area (Å²) in [4.78, 5) is 29.5. The highest BCUT2D eigenvalue weighted by atomic mass is 127. The molecular formula is C34H30I2N4O5. The van der Waals surface area contributed by atoms with Gasteiger partial charge in [-0.1, -0.05) is 38.1 Å². The number of para-hydroxylation sites is 1. The lowest BCUT2D eigenvalue weighted by Crippen LogP contribution is -2.21. The van der Waals surface area contributed by atoms with E-state index in [1.54, 1.807) is 24.4 Å². The van der Waals surface area contributed by atoms with Crippen LogP contribution in [0.3, 0.4) is 0 Å². The number of hydrogen-bond acceptors (Lipinski definition) is 7. The van der Waals surface area contributed by atoms with Crippen LogP contribution in [0.15, 0.2) is 82.7 Å². The highest BCUT2D eigenvalue weighted by molar-refractivity contribution is 14.1. The first kappa shape index (κ1) is 32.5. The molecule has 1 aromatic heterocycles. The van der Waals surface area contributed by atoms with E-state index in [1.807, 2.05) is 56.3 Å². The number of benzene rings is 4. The van der Waals surface area contributed by atoms with Crippen molar-refractivity contribution in [3.63, 3.8) is 0 Å². The van der Waals surface area contributed by atoms with Gasteiger partial charge in [-0.3, -0.25) is 14.9 Å². The first-order chi connectivity index (χ1) is 21.6. The molecule has 4 aromatic carbocycles. The Morgan fingerprint density at radius 1 is 1.02 bits per heavy atom. The first-order valence-corrected chi connectivity index (χ1v) is 16.4. The maximum atomic E-state index is 13.8. The lowest BCUT2D eigenvalue weighted by molar-refractivity contribution is -0.384. The highest BCUT2D eigenvalue weighted by Crippen LogP contribution is 2.34. The van der Waals surface area contributed by atoms with E-state index in [1.165, 1.54) is 16.8 Å². The zero-order chi connectivity index (χ0) is 32.2. The smallest absolute Gasteiger partial charge is 0.282 e. The van der Waals surface area contributed by atoms with Crippen LogP contribution in [0, 0.1) is 24.2 Å². The number of fused-ring (bicyclic) bond motifs is 1. The summed E-state index contributed by atoms with van der Waals surface area (Å²) in [5.74, 6) is 2.12. The molecule has 0 aliphatic rings. The number of ether oxygens (including phenoxy) is 2. The summed E-state index contributed by atoms with van der Waals surface area (Å²) in [6, 6.07) is 21.5. The van der Waals surface area contributed by atoms with Crippen LogP contribution in [0.1, 0.15) is 48.9 Å². The van der Waals surface area contributed by atoms with Crippen LogP contribution in [-0.4, -0.2) is 27.4 Å². The third-order valence-corrected chi connectivity index (χ3v) is 8.72. The third-order valence-electron chi connectivity index (χ3n) is 7.12. The Kier molecular flexibility index (Phi) is 10.2. The van der Waals surface area contributed by atoms with Gasteiger partial charge in [0.1, 0.15) is 18.1 Å². The molecule has 45 heavy (non-hydrogen) atoms. The molecule has 0 radical (unpaired) electrons. The molecule has 11 heteroatoms. The van der Waals surface area contributed by atoms with Crippen molar-refractivity contribution in [3.05, 3.63) is 123 Å². The van der Waals surface area contributed by atoms with Crippen LogP contribution in [0.2, 0.25) is 0 Å². The molecule has 0 unspecified atom stereocenters. The topological polar surface area (TPSA) is 109 Å². The van der Waals surface area contributed by atoms with Gasteiger partial charge in [-0.05, 0) is 124 Å². The van der Waals surface area contributed by atoms with Gasteiger partial charge >= 0.3 is 0 Å². The average Bonchev–Trinajstić information content (AvgIpc) is 3.00. The molecule has 0 amide bonds. The van der Waals surface area contributed by atoms with E-state index in [2.05, 4.69) is 64.1 Å². The van der Waals surface area contributed by atoms with Gasteiger partial charge in [-0.25, -0.2) is 4.98 Å². The van der Waals surface area contributed by atoms with Crippen LogP contribution in [0.4, 0.5) is 5.69 Å². The lowest BCUT2D eigenvalue weighted by atomic mass is 9.96. The molecule has 9 nitrogen and oxygen atoms in total. The SMILES string of the molecule is CCOc1cc(C)c(-c2nc3ccccc3c(=O)n2N=Cc2cc(I)c(OCc3cccc([N+](=O)[O-])c3)c(I)c2)cc1C(C)C. The van der Waals surface area contributed by atoms with Crippen LogP contribution in [-0.2, 0) is 6.61 Å². The minimum absolute atomic E-state index is 0.0192. The molecule has 1 heterocycles. The number of hydrogen-bond donors (Lipinski definition) is 0. The van der Waals surface area contributed by atoms with E-state index >= 15 is 0 Å². The Balaban J connectivity index is 1.54. The van der Waals surface area contributed by atoms with E-state index in [-0.39, 0.29) is 23.8 Å². The molecule has 5 aromatic rings. The van der Waals surface area contributed by atoms with Crippen molar-refractivity contribution >= 4 is 68.0 Å². The number of nitro benzene ring substituents is 1. The number of aromatic nitrogens is 2. The molecule has 0 saturated heterocycles. The number of nitro groups is 1. The lowest BCUT2D eigenvalue weighted by Gasteiger charge is -2.18. The van der Waals surface area contributed by atoms with E-state index in [9.17, 15) is 14.9 Å². The molecule has 0 aliphatic carbocycles. The van der Waals surface area contributed by atoms with Crippen molar-refractivity contribution in [1.29, 1.82) is 0 Å². The van der Waals surface area contributed by atoms with Gasteiger partial charge < -0.3 is 9.47 Å². The molecule has 0 N–H and O–H groups in total. The van der Waals surface area contributed by atoms with Crippen molar-refractivity contribution in [2.24, 2.45) is 5.10 Å². The van der Waals surface area contributed by atoms with Crippen molar-refractivity contribution < 1.29 is 14.4 Å². The van der Waals surface area contributed by atoms with E-state index in [4.69, 9.17) is 14.5 Å². The van der Waals surface area contributed by atoms with Crippen molar-refractivity contribution in [3.8, 4) is 22.9 Å². The predicted molar refractivity (Wildman–Crippen MR) is 194 cm³/mol. The maximum Gasteiger partial charge on any atom is 0.282 e. The third kappa shape index (κ3) is 7.19. The Bertz CT molecular complexity index is 1980. The van der Waals surface area contributed by atoms with Crippen molar-refractivity contribution in [2.75, 3.05) is 6.61 Å². The zero-order valence-electron chi connectivity index (χ0n) is 25.1. The van der Waals surface area contributed by atoms with Crippen LogP contribution >= 0.6 is 45.2 Å². The standard InChI is InChI=1S/C34H30I2N4O5/c1-5-44-31-13-21(4)27(17-26(31)20(2)3)33-38-30-12-7-6-11-25(30)34(41)39(33)37-18-23-15-28(35)32(29(36)16-23)45-19-22-9-8-10-24(14-22)40(42)43/h6-18,20H,5,19H2,1-4H3. The molecule has 0 aliphatic heterocycles. The minimum atomic E-state index is -0.423. The molecule has 0 saturated carbocycles. The summed E-state index contributed by atoms with van der Waals surface area (Å²) >= 11 is 4.38. The average molecular weight is 828 g/mol. The van der Waals surface area contributed by atoms with Gasteiger partial charge in [0.05, 0.1) is 35.8 Å². The van der Waals surface area contributed by atoms with Gasteiger partial charge in [0, 0.05) is 17.7 Å². The second-order valence-electron chi connectivity index (χ2n) is 10.6. The van der Waals surface area contributed by atoms with Crippen molar-refractivity contribution in [2.45, 2.75) is 40.2 Å². The van der Waals surface area contributed by atoms with Gasteiger partial charge in [-0.2, -0.15) is 9.78 Å². The maximum absolute atomic E-state index is 13.8. The number of nitrogens with zero attached hydrogens (tertiary/aromatic N) is 4. The van der Waals surface area contributed by atoms with E-state index < -0.39 is 4.92 Å². The number of aryl methyl sites for hydroxylation is 1. The molecular weight excluding hydrogens is 798 g/mol. The molecule has 0 bridgehead atoms. The molecule has 230 valence electrons. The second kappa shape index (κ2) is 14.1. The van der Waals surface area contributed by atoms with E-state index in [0.717, 1.165) is 35.1 Å². The summed E-state index contributed by atoms with van der Waals surface area (Å²) in [6.45, 7) is 8.89. The van der Waals surface area contributed by atoms with Gasteiger partial charge in [0.25, 0.3) is 11.2 Å². The quantitative estimate of drug-likeness (QED) is 0.0605. The Labute approximate surface area is 287 Å². The first-order valence-electron chi connectivity index (χ1n) is 14.3. The Morgan fingerprint density at radius 3 is 2.44 bits per heavy atom. The number of halogens is 2.